The fourth-order valence-electron chi connectivity index (χ4n) is 10.6. The van der Waals surface area contributed by atoms with E-state index in [0.717, 1.165) is 69.0 Å². The van der Waals surface area contributed by atoms with Crippen LogP contribution < -0.4 is 32.7 Å². The van der Waals surface area contributed by atoms with Crippen LogP contribution in [0.1, 0.15) is 81.1 Å². The van der Waals surface area contributed by atoms with Gasteiger partial charge in [0.1, 0.15) is 17.6 Å². The highest BCUT2D eigenvalue weighted by Crippen LogP contribution is 2.45. The second-order valence-electron chi connectivity index (χ2n) is 18.3. The maximum absolute atomic E-state index is 13.9. The normalized spacial score (nSPS) is 27.9. The summed E-state index contributed by atoms with van der Waals surface area (Å²) in [5.41, 5.74) is 12.5. The van der Waals surface area contributed by atoms with E-state index < -0.39 is 30.0 Å². The van der Waals surface area contributed by atoms with Crippen LogP contribution in [-0.4, -0.2) is 129 Å². The van der Waals surface area contributed by atoms with E-state index in [9.17, 15) is 32.8 Å². The summed E-state index contributed by atoms with van der Waals surface area (Å²) in [5, 5.41) is 4.84. The number of alkyl halides is 2. The number of piperazine rings is 1. The molecule has 2 aromatic heterocycles. The summed E-state index contributed by atoms with van der Waals surface area (Å²) in [7, 11) is 1.70. The third kappa shape index (κ3) is 8.89. The van der Waals surface area contributed by atoms with Crippen LogP contribution in [0, 0.1) is 11.8 Å². The summed E-state index contributed by atoms with van der Waals surface area (Å²) >= 11 is 0. The van der Waals surface area contributed by atoms with Gasteiger partial charge >= 0.3 is 5.69 Å². The van der Waals surface area contributed by atoms with Gasteiger partial charge in [-0.1, -0.05) is 12.1 Å². The summed E-state index contributed by atoms with van der Waals surface area (Å²) in [6.45, 7) is 5.03. The van der Waals surface area contributed by atoms with Gasteiger partial charge in [-0.25, -0.2) is 23.5 Å². The largest absolute Gasteiger partial charge is 0.404 e. The molecule has 2 saturated carbocycles. The number of allylic oxidation sites excluding steroid dienone is 2. The number of amides is 4. The second kappa shape index (κ2) is 18.5. The van der Waals surface area contributed by atoms with E-state index in [2.05, 4.69) is 35.4 Å². The molecule has 4 amide bonds. The molecule has 0 radical (unpaired) electrons. The fourth-order valence-corrected chi connectivity index (χ4v) is 10.6. The Balaban J connectivity index is 0.736. The summed E-state index contributed by atoms with van der Waals surface area (Å²) in [5.74, 6) is -0.305. The molecule has 6 heterocycles. The minimum Gasteiger partial charge on any atom is -0.404 e. The number of piperidine rings is 1. The van der Waals surface area contributed by atoms with Gasteiger partial charge < -0.3 is 31.3 Å². The molecule has 346 valence electrons. The molecule has 2 aliphatic carbocycles. The van der Waals surface area contributed by atoms with Crippen LogP contribution in [0.3, 0.4) is 0 Å². The number of anilines is 1. The molecular formula is C45H56F2N12O6. The van der Waals surface area contributed by atoms with Crippen molar-refractivity contribution in [3.63, 3.8) is 0 Å². The second-order valence-corrected chi connectivity index (χ2v) is 18.3. The number of nitrogens with zero attached hydrogens (tertiary/aromatic N) is 8. The number of hydrogen-bond donors (Lipinski definition) is 4. The van der Waals surface area contributed by atoms with Gasteiger partial charge in [-0.15, -0.1) is 0 Å². The number of halogens is 2. The molecule has 6 aliphatic rings. The molecule has 6 N–H and O–H groups in total. The molecule has 9 rings (SSSR count). The lowest BCUT2D eigenvalue weighted by Crippen LogP contribution is -2.52. The summed E-state index contributed by atoms with van der Waals surface area (Å²) in [6, 6.07) is 6.77. The van der Waals surface area contributed by atoms with E-state index in [0.29, 0.717) is 56.3 Å². The molecule has 0 spiro atoms. The van der Waals surface area contributed by atoms with Gasteiger partial charge in [0.15, 0.2) is 5.82 Å². The Morgan fingerprint density at radius 3 is 2.49 bits per heavy atom. The Bertz CT molecular complexity index is 2500. The lowest BCUT2D eigenvalue weighted by molar-refractivity contribution is -0.140. The third-order valence-corrected chi connectivity index (χ3v) is 14.3. The number of imidazole rings is 1. The Morgan fingerprint density at radius 1 is 1.05 bits per heavy atom. The number of hydrogen-bond acceptors (Lipinski definition) is 13. The maximum atomic E-state index is 13.9. The van der Waals surface area contributed by atoms with Gasteiger partial charge in [-0.05, 0) is 80.9 Å². The van der Waals surface area contributed by atoms with Crippen molar-refractivity contribution < 1.29 is 32.7 Å². The van der Waals surface area contributed by atoms with Crippen molar-refractivity contribution in [3.8, 4) is 0 Å². The summed E-state index contributed by atoms with van der Waals surface area (Å²) < 4.78 is 36.5. The van der Waals surface area contributed by atoms with Crippen molar-refractivity contribution in [3.05, 3.63) is 69.9 Å². The molecular weight excluding hydrogens is 843 g/mol. The predicted octanol–water partition coefficient (Wildman–Crippen LogP) is 1.90. The van der Waals surface area contributed by atoms with Crippen LogP contribution in [0.25, 0.3) is 16.6 Å². The molecule has 3 aromatic rings. The lowest BCUT2D eigenvalue weighted by atomic mass is 9.70. The first-order valence-corrected chi connectivity index (χ1v) is 22.7. The number of rotatable bonds is 12. The van der Waals surface area contributed by atoms with Gasteiger partial charge in [0.05, 0.1) is 47.1 Å². The maximum Gasteiger partial charge on any atom is 0.329 e. The highest BCUT2D eigenvalue weighted by Gasteiger charge is 2.42. The zero-order valence-electron chi connectivity index (χ0n) is 36.4. The Hall–Kier alpha value is -6.02. The number of aliphatic imine (C=N–C) groups is 1. The molecule has 20 heteroatoms. The number of benzene rings is 1. The van der Waals surface area contributed by atoms with E-state index in [1.807, 2.05) is 23.1 Å². The number of carbonyl (C=O) groups is 4. The molecule has 2 bridgehead atoms. The number of carbonyl (C=O) groups excluding carboxylic acids is 4. The van der Waals surface area contributed by atoms with E-state index in [1.165, 1.54) is 17.0 Å². The van der Waals surface area contributed by atoms with E-state index >= 15 is 0 Å². The minimum absolute atomic E-state index is 0.0557. The van der Waals surface area contributed by atoms with Crippen LogP contribution >= 0.6 is 0 Å². The predicted molar refractivity (Wildman–Crippen MR) is 236 cm³/mol. The number of imide groups is 1. The number of morpholine rings is 1. The van der Waals surface area contributed by atoms with E-state index in [1.54, 1.807) is 17.7 Å². The highest BCUT2D eigenvalue weighted by molar-refractivity contribution is 6.19. The number of nitrogens with one attached hydrogen (secondary N) is 2. The quantitative estimate of drug-likeness (QED) is 0.116. The number of para-hydroxylation sites is 1. The standard InChI is InChI=1S/C45H56F2N12O6/c1-55-39-31(3-2-4-34(39)59(45(55)64)35-9-10-37(60)54-43(35)62)26-17-27(18-26)44(63)57-15-13-56(14-16-57)22-25-5-7-28(8-6-25)51-21-33(38(49)40(46)47)52-42(61)32(20-48)41-50-12-11-36(53-41)58-23-30-19-29(58)24-65-30/h2-4,11-12,20-21,25-30,35,40H,5-10,13-19,22-24,48-49H2,1H3,(H,52,61)(H,54,60,62)/t25?,26?,27?,28?,29?,30-,35?/m1/s1. The molecule has 4 aliphatic heterocycles. The SMILES string of the molecule is Cn1c(=O)n(C2CCC(=O)NC2=O)c2cccc(C3CC(C(=O)N4CCN(CC5CCC(N=CC(NC(=O)C(=CN)c6nccc(N7C[C@H]8CC7CO8)n6)=C(N)C(F)F)CC5)CC4)C3)c21. The van der Waals surface area contributed by atoms with Crippen molar-refractivity contribution in [2.24, 2.45) is 35.3 Å². The van der Waals surface area contributed by atoms with Gasteiger partial charge in [-0.3, -0.25) is 43.5 Å². The summed E-state index contributed by atoms with van der Waals surface area (Å²) in [6.07, 6.45) is 6.91. The number of aromatic nitrogens is 4. The first-order chi connectivity index (χ1) is 31.4. The van der Waals surface area contributed by atoms with Crippen LogP contribution in [-0.2, 0) is 31.0 Å². The topological polar surface area (TPSA) is 228 Å². The van der Waals surface area contributed by atoms with Crippen LogP contribution in [0.5, 0.6) is 0 Å². The van der Waals surface area contributed by atoms with Crippen molar-refractivity contribution >= 4 is 52.3 Å². The Kier molecular flexibility index (Phi) is 12.6. The molecule has 3 atom stereocenters. The smallest absolute Gasteiger partial charge is 0.329 e. The summed E-state index contributed by atoms with van der Waals surface area (Å²) in [4.78, 5) is 84.8. The zero-order valence-corrected chi connectivity index (χ0v) is 36.4. The number of nitrogens with two attached hydrogens (primary N) is 2. The van der Waals surface area contributed by atoms with Gasteiger partial charge in [0, 0.05) is 77.3 Å². The molecule has 1 aromatic carbocycles. The minimum atomic E-state index is -3.03. The average Bonchev–Trinajstić information content (AvgIpc) is 4.00. The van der Waals surface area contributed by atoms with E-state index in [-0.39, 0.29) is 77.5 Å². The third-order valence-electron chi connectivity index (χ3n) is 14.3. The first kappa shape index (κ1) is 44.2. The van der Waals surface area contributed by atoms with Gasteiger partial charge in [-0.2, -0.15) is 0 Å². The molecule has 4 saturated heterocycles. The molecule has 18 nitrogen and oxygen atoms in total. The number of aryl methyl sites for hydroxylation is 1. The molecule has 65 heavy (non-hydrogen) atoms. The number of ether oxygens (including phenoxy) is 1. The fraction of sp³-hybridized carbons (Fsp3) is 0.556. The van der Waals surface area contributed by atoms with Gasteiger partial charge in [0.25, 0.3) is 12.3 Å². The Morgan fingerprint density at radius 2 is 1.82 bits per heavy atom. The van der Waals surface area contributed by atoms with E-state index in [4.69, 9.17) is 16.2 Å². The van der Waals surface area contributed by atoms with Crippen molar-refractivity contribution in [1.82, 2.24) is 39.5 Å². The van der Waals surface area contributed by atoms with Crippen LogP contribution in [0.4, 0.5) is 14.6 Å². The highest BCUT2D eigenvalue weighted by atomic mass is 19.3. The first-order valence-electron chi connectivity index (χ1n) is 22.7. The van der Waals surface area contributed by atoms with Crippen LogP contribution in [0.2, 0.25) is 0 Å². The monoisotopic (exact) mass is 898 g/mol. The number of fused-ring (bicyclic) bond motifs is 3. The van der Waals surface area contributed by atoms with Crippen molar-refractivity contribution in [1.29, 1.82) is 0 Å². The average molecular weight is 899 g/mol. The molecule has 6 fully saturated rings. The molecule has 2 unspecified atom stereocenters. The zero-order chi connectivity index (χ0) is 45.5. The lowest BCUT2D eigenvalue weighted by Gasteiger charge is -2.42. The van der Waals surface area contributed by atoms with Crippen molar-refractivity contribution in [2.45, 2.75) is 94.4 Å². The Labute approximate surface area is 374 Å². The van der Waals surface area contributed by atoms with Crippen molar-refractivity contribution in [2.75, 3.05) is 50.8 Å². The van der Waals surface area contributed by atoms with Gasteiger partial charge in [0.2, 0.25) is 17.7 Å². The van der Waals surface area contributed by atoms with Crippen LogP contribution in [0.15, 0.2) is 57.8 Å².